The molecule has 3 heteroatoms. The van der Waals surface area contributed by atoms with Crippen LogP contribution in [-0.4, -0.2) is 0 Å². The van der Waals surface area contributed by atoms with Crippen LogP contribution in [0.5, 0.6) is 0 Å². The second-order valence-corrected chi connectivity index (χ2v) is 4.38. The quantitative estimate of drug-likeness (QED) is 0.779. The van der Waals surface area contributed by atoms with E-state index in [9.17, 15) is 0 Å². The fourth-order valence-electron chi connectivity index (χ4n) is 1.44. The van der Waals surface area contributed by atoms with Gasteiger partial charge >= 0.3 is 0 Å². The maximum atomic E-state index is 8.70. The molecule has 0 aliphatic carbocycles. The van der Waals surface area contributed by atoms with Crippen molar-refractivity contribution in [3.8, 4) is 17.2 Å². The highest BCUT2D eigenvalue weighted by atomic mass is 35.7. The number of hydrogen-bond donors (Lipinski definition) is 0. The molecule has 0 fully saturated rings. The highest BCUT2D eigenvalue weighted by molar-refractivity contribution is 8.21. The zero-order valence-electron chi connectivity index (χ0n) is 8.35. The van der Waals surface area contributed by atoms with Gasteiger partial charge in [-0.05, 0) is 57.1 Å². The fraction of sp³-hybridized carbons (Fsp3) is 0. The van der Waals surface area contributed by atoms with Crippen molar-refractivity contribution in [3.05, 3.63) is 54.1 Å². The SMILES string of the molecule is N#Cc1ccc(-c2ccc(SCl)cc2)cc1. The average molecular weight is 246 g/mol. The third-order valence-electron chi connectivity index (χ3n) is 2.29. The van der Waals surface area contributed by atoms with Crippen molar-refractivity contribution in [2.45, 2.75) is 4.90 Å². The topological polar surface area (TPSA) is 23.8 Å². The van der Waals surface area contributed by atoms with Gasteiger partial charge < -0.3 is 0 Å². The molecule has 0 aliphatic rings. The summed E-state index contributed by atoms with van der Waals surface area (Å²) >= 11 is 0. The largest absolute Gasteiger partial charge is 0.192 e. The predicted octanol–water partition coefficient (Wildman–Crippen LogP) is 4.47. The van der Waals surface area contributed by atoms with Gasteiger partial charge in [0.2, 0.25) is 0 Å². The summed E-state index contributed by atoms with van der Waals surface area (Å²) in [5.41, 5.74) is 2.90. The normalized spacial score (nSPS) is 9.75. The zero-order chi connectivity index (χ0) is 11.4. The van der Waals surface area contributed by atoms with Gasteiger partial charge in [-0.1, -0.05) is 24.3 Å². The van der Waals surface area contributed by atoms with Crippen LogP contribution in [0.3, 0.4) is 0 Å². The molecule has 0 saturated carbocycles. The van der Waals surface area contributed by atoms with Gasteiger partial charge in [-0.2, -0.15) is 5.26 Å². The van der Waals surface area contributed by atoms with E-state index in [4.69, 9.17) is 15.9 Å². The summed E-state index contributed by atoms with van der Waals surface area (Å²) in [5.74, 6) is 0. The van der Waals surface area contributed by atoms with Crippen LogP contribution in [0.25, 0.3) is 11.1 Å². The first-order valence-corrected chi connectivity index (χ1v) is 6.37. The molecule has 0 saturated heterocycles. The molecule has 0 aromatic heterocycles. The molecule has 0 atom stereocenters. The van der Waals surface area contributed by atoms with Gasteiger partial charge in [-0.25, -0.2) is 0 Å². The molecule has 0 radical (unpaired) electrons. The Bertz CT molecular complexity index is 511. The number of nitriles is 1. The monoisotopic (exact) mass is 245 g/mol. The molecule has 2 rings (SSSR count). The van der Waals surface area contributed by atoms with Crippen LogP contribution >= 0.6 is 21.7 Å². The van der Waals surface area contributed by atoms with Gasteiger partial charge in [0.05, 0.1) is 11.6 Å². The number of nitrogens with zero attached hydrogens (tertiary/aromatic N) is 1. The standard InChI is InChI=1S/C13H8ClNS/c14-16-13-7-5-12(6-8-13)11-3-1-10(9-15)2-4-11/h1-8H. The van der Waals surface area contributed by atoms with E-state index in [0.29, 0.717) is 5.56 Å². The van der Waals surface area contributed by atoms with E-state index in [1.165, 1.54) is 11.0 Å². The Morgan fingerprint density at radius 1 is 0.875 bits per heavy atom. The summed E-state index contributed by atoms with van der Waals surface area (Å²) in [5, 5.41) is 8.70. The van der Waals surface area contributed by atoms with Crippen LogP contribution in [-0.2, 0) is 0 Å². The second-order valence-electron chi connectivity index (χ2n) is 3.29. The highest BCUT2D eigenvalue weighted by Crippen LogP contribution is 2.26. The highest BCUT2D eigenvalue weighted by Gasteiger charge is 1.98. The molecule has 78 valence electrons. The molecular formula is C13H8ClNS. The number of halogens is 1. The molecule has 0 aliphatic heterocycles. The molecule has 0 N–H and O–H groups in total. The first-order chi connectivity index (χ1) is 7.83. The molecule has 2 aromatic carbocycles. The van der Waals surface area contributed by atoms with Crippen molar-refractivity contribution in [2.75, 3.05) is 0 Å². The number of benzene rings is 2. The molecular weight excluding hydrogens is 238 g/mol. The lowest BCUT2D eigenvalue weighted by molar-refractivity contribution is 1.46. The van der Waals surface area contributed by atoms with Crippen LogP contribution in [0, 0.1) is 11.3 Å². The number of rotatable bonds is 2. The van der Waals surface area contributed by atoms with Crippen molar-refractivity contribution in [1.29, 1.82) is 5.26 Å². The Labute approximate surface area is 103 Å². The van der Waals surface area contributed by atoms with Crippen LogP contribution < -0.4 is 0 Å². The minimum Gasteiger partial charge on any atom is -0.192 e. The van der Waals surface area contributed by atoms with Crippen molar-refractivity contribution < 1.29 is 0 Å². The Hall–Kier alpha value is -1.43. The molecule has 1 nitrogen and oxygen atoms in total. The first kappa shape index (κ1) is 11.1. The molecule has 0 amide bonds. The molecule has 0 unspecified atom stereocenters. The van der Waals surface area contributed by atoms with Gasteiger partial charge in [0.25, 0.3) is 0 Å². The van der Waals surface area contributed by atoms with Crippen LogP contribution in [0.15, 0.2) is 53.4 Å². The summed E-state index contributed by atoms with van der Waals surface area (Å²) in [6.07, 6.45) is 0. The maximum absolute atomic E-state index is 8.70. The maximum Gasteiger partial charge on any atom is 0.0991 e. The lowest BCUT2D eigenvalue weighted by Gasteiger charge is -2.02. The van der Waals surface area contributed by atoms with Crippen LogP contribution in [0.4, 0.5) is 0 Å². The van der Waals surface area contributed by atoms with Gasteiger partial charge in [-0.15, -0.1) is 0 Å². The van der Waals surface area contributed by atoms with Gasteiger partial charge in [0.1, 0.15) is 0 Å². The van der Waals surface area contributed by atoms with E-state index >= 15 is 0 Å². The van der Waals surface area contributed by atoms with Gasteiger partial charge in [0, 0.05) is 4.90 Å². The second kappa shape index (κ2) is 5.07. The van der Waals surface area contributed by atoms with E-state index in [0.717, 1.165) is 16.0 Å². The lowest BCUT2D eigenvalue weighted by atomic mass is 10.0. The Balaban J connectivity index is 2.32. The van der Waals surface area contributed by atoms with Crippen molar-refractivity contribution in [2.24, 2.45) is 0 Å². The molecule has 0 bridgehead atoms. The summed E-state index contributed by atoms with van der Waals surface area (Å²) in [6, 6.07) is 17.6. The third kappa shape index (κ3) is 2.38. The van der Waals surface area contributed by atoms with Gasteiger partial charge in [0.15, 0.2) is 0 Å². The van der Waals surface area contributed by atoms with E-state index < -0.39 is 0 Å². The summed E-state index contributed by atoms with van der Waals surface area (Å²) in [7, 11) is 6.85. The third-order valence-corrected chi connectivity index (χ3v) is 3.28. The van der Waals surface area contributed by atoms with Crippen molar-refractivity contribution in [1.82, 2.24) is 0 Å². The van der Waals surface area contributed by atoms with E-state index in [2.05, 4.69) is 6.07 Å². The zero-order valence-corrected chi connectivity index (χ0v) is 9.92. The summed E-state index contributed by atoms with van der Waals surface area (Å²) < 4.78 is 0. The molecule has 16 heavy (non-hydrogen) atoms. The van der Waals surface area contributed by atoms with Gasteiger partial charge in [-0.3, -0.25) is 0 Å². The molecule has 0 heterocycles. The smallest absolute Gasteiger partial charge is 0.0991 e. The van der Waals surface area contributed by atoms with Crippen LogP contribution in [0.1, 0.15) is 5.56 Å². The van der Waals surface area contributed by atoms with E-state index in [1.54, 1.807) is 0 Å². The lowest BCUT2D eigenvalue weighted by Crippen LogP contribution is -1.79. The fourth-order valence-corrected chi connectivity index (χ4v) is 1.98. The molecule has 2 aromatic rings. The van der Waals surface area contributed by atoms with Crippen molar-refractivity contribution >= 4 is 21.7 Å². The number of hydrogen-bond acceptors (Lipinski definition) is 2. The Kier molecular flexibility index (Phi) is 3.51. The van der Waals surface area contributed by atoms with Crippen LogP contribution in [0.2, 0.25) is 0 Å². The summed E-state index contributed by atoms with van der Waals surface area (Å²) in [4.78, 5) is 1.03. The summed E-state index contributed by atoms with van der Waals surface area (Å²) in [6.45, 7) is 0. The Morgan fingerprint density at radius 2 is 1.38 bits per heavy atom. The predicted molar refractivity (Wildman–Crippen MR) is 68.3 cm³/mol. The minimum atomic E-state index is 0.677. The van der Waals surface area contributed by atoms with E-state index in [-0.39, 0.29) is 0 Å². The van der Waals surface area contributed by atoms with Crippen molar-refractivity contribution in [3.63, 3.8) is 0 Å². The minimum absolute atomic E-state index is 0.677. The van der Waals surface area contributed by atoms with E-state index in [1.807, 2.05) is 48.5 Å². The first-order valence-electron chi connectivity index (χ1n) is 4.72. The Morgan fingerprint density at radius 3 is 1.81 bits per heavy atom. The average Bonchev–Trinajstić information content (AvgIpc) is 2.39. The molecule has 0 spiro atoms.